The Labute approximate surface area is 78.2 Å². The van der Waals surface area contributed by atoms with Crippen LogP contribution in [0.1, 0.15) is 26.2 Å². The maximum atomic E-state index is 10.1. The first-order chi connectivity index (χ1) is 6.13. The largest absolute Gasteiger partial charge is 0.481 e. The predicted octanol–water partition coefficient (Wildman–Crippen LogP) is 1.17. The third kappa shape index (κ3) is 10.7. The zero-order chi connectivity index (χ0) is 10.1. The highest BCUT2D eigenvalue weighted by molar-refractivity contribution is 5.77. The lowest BCUT2D eigenvalue weighted by molar-refractivity contribution is -0.137. The van der Waals surface area contributed by atoms with E-state index in [9.17, 15) is 4.79 Å². The van der Waals surface area contributed by atoms with Crippen molar-refractivity contribution in [3.05, 3.63) is 12.2 Å². The van der Waals surface area contributed by atoms with Crippen LogP contribution in [0.15, 0.2) is 17.1 Å². The summed E-state index contributed by atoms with van der Waals surface area (Å²) in [5.74, 6) is -0.181. The summed E-state index contributed by atoms with van der Waals surface area (Å²) in [4.78, 5) is 14.1. The highest BCUT2D eigenvalue weighted by Crippen LogP contribution is 1.96. The number of rotatable bonds is 6. The number of allylic oxidation sites excluding steroid dienone is 1. The summed E-state index contributed by atoms with van der Waals surface area (Å²) < 4.78 is 0. The average Bonchev–Trinajstić information content (AvgIpc) is 2.01. The third-order valence-electron chi connectivity index (χ3n) is 1.37. The lowest BCUT2D eigenvalue weighted by atomic mass is 10.2. The molecule has 0 bridgehead atoms. The van der Waals surface area contributed by atoms with Gasteiger partial charge in [-0.15, -0.1) is 0 Å². The smallest absolute Gasteiger partial charge is 0.303 e. The fraction of sp³-hybridized carbons (Fsp3) is 0.556. The number of nitrogens with two attached hydrogens (primary N) is 1. The van der Waals surface area contributed by atoms with Gasteiger partial charge in [-0.25, -0.2) is 0 Å². The zero-order valence-electron chi connectivity index (χ0n) is 7.86. The zero-order valence-corrected chi connectivity index (χ0v) is 7.86. The number of unbranched alkanes of at least 4 members (excludes halogenated alkanes) is 1. The van der Waals surface area contributed by atoms with Crippen LogP contribution in [0.2, 0.25) is 0 Å². The molecule has 3 N–H and O–H groups in total. The molecule has 0 saturated carbocycles. The molecular weight excluding hydrogens is 168 g/mol. The number of carboxylic acids is 1. The molecular formula is C9H16N2O2. The van der Waals surface area contributed by atoms with Crippen molar-refractivity contribution in [2.75, 3.05) is 6.54 Å². The third-order valence-corrected chi connectivity index (χ3v) is 1.37. The summed E-state index contributed by atoms with van der Waals surface area (Å²) in [6.45, 7) is 2.31. The van der Waals surface area contributed by atoms with E-state index in [0.717, 1.165) is 6.42 Å². The first kappa shape index (κ1) is 11.7. The van der Waals surface area contributed by atoms with Gasteiger partial charge in [0, 0.05) is 6.42 Å². The number of hydrogen-bond donors (Lipinski definition) is 2. The molecule has 0 spiro atoms. The molecule has 4 nitrogen and oxygen atoms in total. The molecule has 0 aliphatic heterocycles. The van der Waals surface area contributed by atoms with Gasteiger partial charge in [-0.1, -0.05) is 12.2 Å². The van der Waals surface area contributed by atoms with Gasteiger partial charge in [-0.05, 0) is 19.8 Å². The first-order valence-electron chi connectivity index (χ1n) is 4.26. The SMILES string of the molecule is CC(N)=NC/C=C/CCCC(=O)O. The van der Waals surface area contributed by atoms with E-state index in [-0.39, 0.29) is 6.42 Å². The number of nitrogens with zero attached hydrogens (tertiary/aromatic N) is 1. The molecule has 0 rings (SSSR count). The van der Waals surface area contributed by atoms with Crippen molar-refractivity contribution < 1.29 is 9.90 Å². The molecule has 0 aromatic rings. The average molecular weight is 184 g/mol. The van der Waals surface area contributed by atoms with Crippen molar-refractivity contribution in [3.8, 4) is 0 Å². The van der Waals surface area contributed by atoms with Crippen LogP contribution in [-0.2, 0) is 4.79 Å². The van der Waals surface area contributed by atoms with Gasteiger partial charge in [-0.3, -0.25) is 9.79 Å². The van der Waals surface area contributed by atoms with Gasteiger partial charge in [0.1, 0.15) is 0 Å². The molecule has 0 amide bonds. The molecule has 0 saturated heterocycles. The molecule has 13 heavy (non-hydrogen) atoms. The molecule has 0 radical (unpaired) electrons. The molecule has 4 heteroatoms. The van der Waals surface area contributed by atoms with Crippen LogP contribution in [0.25, 0.3) is 0 Å². The van der Waals surface area contributed by atoms with Gasteiger partial charge >= 0.3 is 5.97 Å². The van der Waals surface area contributed by atoms with Gasteiger partial charge in [0.15, 0.2) is 0 Å². The summed E-state index contributed by atoms with van der Waals surface area (Å²) in [5, 5.41) is 8.33. The summed E-state index contributed by atoms with van der Waals surface area (Å²) in [7, 11) is 0. The number of carbonyl (C=O) groups is 1. The minimum atomic E-state index is -0.746. The summed E-state index contributed by atoms with van der Waals surface area (Å²) >= 11 is 0. The van der Waals surface area contributed by atoms with Crippen molar-refractivity contribution in [1.82, 2.24) is 0 Å². The monoisotopic (exact) mass is 184 g/mol. The second-order valence-corrected chi connectivity index (χ2v) is 2.74. The van der Waals surface area contributed by atoms with E-state index in [1.54, 1.807) is 6.92 Å². The fourth-order valence-electron chi connectivity index (χ4n) is 0.760. The Morgan fingerprint density at radius 3 is 2.77 bits per heavy atom. The molecule has 0 atom stereocenters. The molecule has 74 valence electrons. The van der Waals surface area contributed by atoms with Gasteiger partial charge in [0.2, 0.25) is 0 Å². The minimum absolute atomic E-state index is 0.226. The Morgan fingerprint density at radius 2 is 2.23 bits per heavy atom. The van der Waals surface area contributed by atoms with E-state index in [4.69, 9.17) is 10.8 Å². The van der Waals surface area contributed by atoms with Crippen LogP contribution in [-0.4, -0.2) is 23.5 Å². The van der Waals surface area contributed by atoms with E-state index in [1.807, 2.05) is 12.2 Å². The maximum absolute atomic E-state index is 10.1. The van der Waals surface area contributed by atoms with Gasteiger partial charge < -0.3 is 10.8 Å². The standard InChI is InChI=1S/C9H16N2O2/c1-8(10)11-7-5-3-2-4-6-9(12)13/h3,5H,2,4,6-7H2,1H3,(H2,10,11)(H,12,13)/b5-3+. The van der Waals surface area contributed by atoms with Gasteiger partial charge in [0.25, 0.3) is 0 Å². The lowest BCUT2D eigenvalue weighted by Gasteiger charge is -1.90. The van der Waals surface area contributed by atoms with Crippen LogP contribution in [0.5, 0.6) is 0 Å². The van der Waals surface area contributed by atoms with Crippen LogP contribution in [0.4, 0.5) is 0 Å². The van der Waals surface area contributed by atoms with Gasteiger partial charge in [0.05, 0.1) is 12.4 Å². The van der Waals surface area contributed by atoms with E-state index >= 15 is 0 Å². The maximum Gasteiger partial charge on any atom is 0.303 e. The Kier molecular flexibility index (Phi) is 6.59. The summed E-state index contributed by atoms with van der Waals surface area (Å²) in [6.07, 6.45) is 5.50. The van der Waals surface area contributed by atoms with E-state index in [2.05, 4.69) is 4.99 Å². The minimum Gasteiger partial charge on any atom is -0.481 e. The second kappa shape index (κ2) is 7.34. The predicted molar refractivity (Wildman–Crippen MR) is 52.8 cm³/mol. The normalized spacial score (nSPS) is 12.2. The number of carboxylic acid groups (broad SMARTS) is 1. The Morgan fingerprint density at radius 1 is 1.54 bits per heavy atom. The molecule has 0 aromatic heterocycles. The molecule has 0 unspecified atom stereocenters. The molecule has 0 aliphatic rings. The highest BCUT2D eigenvalue weighted by Gasteiger charge is 1.92. The lowest BCUT2D eigenvalue weighted by Crippen LogP contribution is -2.05. The number of amidine groups is 1. The number of aliphatic imine (C=N–C) groups is 1. The highest BCUT2D eigenvalue weighted by atomic mass is 16.4. The van der Waals surface area contributed by atoms with E-state index < -0.39 is 5.97 Å². The van der Waals surface area contributed by atoms with Crippen molar-refractivity contribution in [1.29, 1.82) is 0 Å². The second-order valence-electron chi connectivity index (χ2n) is 2.74. The van der Waals surface area contributed by atoms with Crippen LogP contribution < -0.4 is 5.73 Å². The topological polar surface area (TPSA) is 75.7 Å². The number of aliphatic carboxylic acids is 1. The first-order valence-corrected chi connectivity index (χ1v) is 4.26. The van der Waals surface area contributed by atoms with Crippen molar-refractivity contribution in [2.45, 2.75) is 26.2 Å². The summed E-state index contributed by atoms with van der Waals surface area (Å²) in [5.41, 5.74) is 5.31. The van der Waals surface area contributed by atoms with E-state index in [0.29, 0.717) is 18.8 Å². The van der Waals surface area contributed by atoms with Crippen LogP contribution in [0.3, 0.4) is 0 Å². The molecule has 0 heterocycles. The van der Waals surface area contributed by atoms with Crippen molar-refractivity contribution >= 4 is 11.8 Å². The fourth-order valence-corrected chi connectivity index (χ4v) is 0.760. The Hall–Kier alpha value is -1.32. The summed E-state index contributed by atoms with van der Waals surface area (Å²) in [6, 6.07) is 0. The van der Waals surface area contributed by atoms with E-state index in [1.165, 1.54) is 0 Å². The van der Waals surface area contributed by atoms with Gasteiger partial charge in [-0.2, -0.15) is 0 Å². The molecule has 0 aliphatic carbocycles. The molecule has 0 aromatic carbocycles. The quantitative estimate of drug-likeness (QED) is 0.281. The van der Waals surface area contributed by atoms with Crippen molar-refractivity contribution in [3.63, 3.8) is 0 Å². The molecule has 0 fully saturated rings. The van der Waals surface area contributed by atoms with Crippen LogP contribution >= 0.6 is 0 Å². The van der Waals surface area contributed by atoms with Crippen molar-refractivity contribution in [2.24, 2.45) is 10.7 Å². The number of hydrogen-bond acceptors (Lipinski definition) is 2. The Balaban J connectivity index is 3.32. The van der Waals surface area contributed by atoms with Crippen LogP contribution in [0, 0.1) is 0 Å². The Bertz CT molecular complexity index is 206.